The van der Waals surface area contributed by atoms with Gasteiger partial charge in [0.15, 0.2) is 11.5 Å². The zero-order valence-electron chi connectivity index (χ0n) is 13.6. The highest BCUT2D eigenvalue weighted by atomic mass is 15.6. The lowest BCUT2D eigenvalue weighted by atomic mass is 10.1. The van der Waals surface area contributed by atoms with E-state index >= 15 is 0 Å². The number of hydrogen-bond acceptors (Lipinski definition) is 6. The molecule has 0 saturated heterocycles. The Bertz CT molecular complexity index is 1030. The molecule has 0 amide bonds. The van der Waals surface area contributed by atoms with Crippen LogP contribution in [0, 0.1) is 20.8 Å². The number of benzene rings is 1. The van der Waals surface area contributed by atoms with Crippen LogP contribution < -0.4 is 5.32 Å². The average Bonchev–Trinajstić information content (AvgIpc) is 3.17. The van der Waals surface area contributed by atoms with Crippen LogP contribution in [-0.2, 0) is 0 Å². The second kappa shape index (κ2) is 5.41. The van der Waals surface area contributed by atoms with Crippen LogP contribution in [0.4, 0.5) is 11.5 Å². The SMILES string of the molecule is Cc1ccc(C)c(-n2ncc(Nc3ccc4nnnn4n3)c2C)c1. The van der Waals surface area contributed by atoms with Gasteiger partial charge in [-0.15, -0.1) is 14.8 Å². The van der Waals surface area contributed by atoms with Gasteiger partial charge in [0.2, 0.25) is 0 Å². The molecule has 0 unspecified atom stereocenters. The molecule has 0 aliphatic rings. The Morgan fingerprint density at radius 2 is 1.92 bits per heavy atom. The summed E-state index contributed by atoms with van der Waals surface area (Å²) in [5, 5.41) is 23.3. The topological polar surface area (TPSA) is 85.8 Å². The van der Waals surface area contributed by atoms with Gasteiger partial charge in [-0.25, -0.2) is 4.68 Å². The first-order valence-corrected chi connectivity index (χ1v) is 7.56. The summed E-state index contributed by atoms with van der Waals surface area (Å²) in [4.78, 5) is 0. The zero-order chi connectivity index (χ0) is 16.7. The van der Waals surface area contributed by atoms with E-state index in [-0.39, 0.29) is 0 Å². The first-order valence-electron chi connectivity index (χ1n) is 7.56. The molecule has 0 radical (unpaired) electrons. The Balaban J connectivity index is 1.70. The molecule has 0 spiro atoms. The fraction of sp³-hybridized carbons (Fsp3) is 0.188. The van der Waals surface area contributed by atoms with Gasteiger partial charge in [0.25, 0.3) is 0 Å². The summed E-state index contributed by atoms with van der Waals surface area (Å²) in [7, 11) is 0. The van der Waals surface area contributed by atoms with E-state index < -0.39 is 0 Å². The number of fused-ring (bicyclic) bond motifs is 1. The minimum Gasteiger partial charge on any atom is -0.336 e. The van der Waals surface area contributed by atoms with Gasteiger partial charge in [-0.05, 0) is 60.5 Å². The molecule has 0 atom stereocenters. The number of rotatable bonds is 3. The molecule has 8 nitrogen and oxygen atoms in total. The fourth-order valence-electron chi connectivity index (χ4n) is 2.58. The van der Waals surface area contributed by atoms with Gasteiger partial charge in [-0.3, -0.25) is 0 Å². The Kier molecular flexibility index (Phi) is 3.23. The molecular weight excluding hydrogens is 304 g/mol. The van der Waals surface area contributed by atoms with Crippen LogP contribution in [0.1, 0.15) is 16.8 Å². The smallest absolute Gasteiger partial charge is 0.200 e. The highest BCUT2D eigenvalue weighted by molar-refractivity contribution is 5.60. The van der Waals surface area contributed by atoms with Crippen LogP contribution in [0.3, 0.4) is 0 Å². The van der Waals surface area contributed by atoms with E-state index in [0.29, 0.717) is 11.5 Å². The third-order valence-corrected chi connectivity index (χ3v) is 3.93. The van der Waals surface area contributed by atoms with Crippen molar-refractivity contribution in [2.75, 3.05) is 5.32 Å². The lowest BCUT2D eigenvalue weighted by molar-refractivity contribution is 0.736. The van der Waals surface area contributed by atoms with E-state index in [1.807, 2.05) is 17.7 Å². The Morgan fingerprint density at radius 1 is 1.04 bits per heavy atom. The highest BCUT2D eigenvalue weighted by Gasteiger charge is 2.11. The van der Waals surface area contributed by atoms with Gasteiger partial charge in [0, 0.05) is 0 Å². The lowest BCUT2D eigenvalue weighted by Gasteiger charge is -2.10. The standard InChI is InChI=1S/C16H16N8/c1-10-4-5-11(2)14(8-10)23-12(3)13(9-17-23)18-15-6-7-16-19-21-22-24(16)20-15/h4-9H,1-3H3,(H,18,20). The van der Waals surface area contributed by atoms with Crippen molar-refractivity contribution >= 4 is 17.2 Å². The maximum absolute atomic E-state index is 4.52. The maximum Gasteiger partial charge on any atom is 0.200 e. The van der Waals surface area contributed by atoms with E-state index in [1.165, 1.54) is 15.8 Å². The maximum atomic E-state index is 4.52. The van der Waals surface area contributed by atoms with Gasteiger partial charge in [-0.1, -0.05) is 12.1 Å². The first kappa shape index (κ1) is 14.3. The molecule has 0 bridgehead atoms. The molecule has 120 valence electrons. The van der Waals surface area contributed by atoms with Gasteiger partial charge in [0.1, 0.15) is 0 Å². The molecule has 8 heteroatoms. The third kappa shape index (κ3) is 2.37. The molecule has 4 rings (SSSR count). The molecule has 4 aromatic rings. The molecule has 3 heterocycles. The number of aryl methyl sites for hydroxylation is 2. The van der Waals surface area contributed by atoms with Crippen molar-refractivity contribution in [1.82, 2.24) is 35.0 Å². The summed E-state index contributed by atoms with van der Waals surface area (Å²) in [5.74, 6) is 0.651. The Morgan fingerprint density at radius 3 is 2.79 bits per heavy atom. The van der Waals surface area contributed by atoms with Crippen molar-refractivity contribution < 1.29 is 0 Å². The third-order valence-electron chi connectivity index (χ3n) is 3.93. The summed E-state index contributed by atoms with van der Waals surface area (Å²) in [5.41, 5.74) is 5.93. The first-order chi connectivity index (χ1) is 11.6. The Labute approximate surface area is 138 Å². The summed E-state index contributed by atoms with van der Waals surface area (Å²) in [6.07, 6.45) is 1.79. The number of nitrogens with zero attached hydrogens (tertiary/aromatic N) is 7. The number of anilines is 2. The van der Waals surface area contributed by atoms with Gasteiger partial charge in [-0.2, -0.15) is 5.10 Å². The summed E-state index contributed by atoms with van der Waals surface area (Å²) < 4.78 is 3.31. The van der Waals surface area contributed by atoms with Crippen LogP contribution >= 0.6 is 0 Å². The second-order valence-electron chi connectivity index (χ2n) is 5.72. The minimum absolute atomic E-state index is 0.600. The van der Waals surface area contributed by atoms with Gasteiger partial charge >= 0.3 is 0 Å². The van der Waals surface area contributed by atoms with Crippen LogP contribution in [0.2, 0.25) is 0 Å². The van der Waals surface area contributed by atoms with Crippen molar-refractivity contribution in [2.45, 2.75) is 20.8 Å². The van der Waals surface area contributed by atoms with Gasteiger partial charge in [0.05, 0.1) is 23.3 Å². The predicted molar refractivity (Wildman–Crippen MR) is 89.6 cm³/mol. The van der Waals surface area contributed by atoms with Crippen molar-refractivity contribution in [3.8, 4) is 5.69 Å². The number of tetrazole rings is 1. The molecule has 0 aliphatic heterocycles. The van der Waals surface area contributed by atoms with Gasteiger partial charge < -0.3 is 5.32 Å². The molecule has 0 aliphatic carbocycles. The molecular formula is C16H16N8. The second-order valence-corrected chi connectivity index (χ2v) is 5.72. The summed E-state index contributed by atoms with van der Waals surface area (Å²) in [6, 6.07) is 9.97. The molecule has 3 aromatic heterocycles. The van der Waals surface area contributed by atoms with Crippen molar-refractivity contribution in [3.63, 3.8) is 0 Å². The predicted octanol–water partition coefficient (Wildman–Crippen LogP) is 2.37. The van der Waals surface area contributed by atoms with Crippen LogP contribution in [-0.4, -0.2) is 35.0 Å². The number of aromatic nitrogens is 7. The molecule has 1 N–H and O–H groups in total. The van der Waals surface area contributed by atoms with E-state index in [1.54, 1.807) is 12.3 Å². The van der Waals surface area contributed by atoms with Crippen LogP contribution in [0.15, 0.2) is 36.5 Å². The Hall–Kier alpha value is -3.29. The zero-order valence-corrected chi connectivity index (χ0v) is 13.6. The van der Waals surface area contributed by atoms with Crippen LogP contribution in [0.25, 0.3) is 11.3 Å². The molecule has 0 fully saturated rings. The highest BCUT2D eigenvalue weighted by Crippen LogP contribution is 2.23. The quantitative estimate of drug-likeness (QED) is 0.624. The minimum atomic E-state index is 0.600. The summed E-state index contributed by atoms with van der Waals surface area (Å²) in [6.45, 7) is 6.18. The lowest BCUT2D eigenvalue weighted by Crippen LogP contribution is -2.03. The van der Waals surface area contributed by atoms with Crippen LogP contribution in [0.5, 0.6) is 0 Å². The van der Waals surface area contributed by atoms with Crippen molar-refractivity contribution in [2.24, 2.45) is 0 Å². The van der Waals surface area contributed by atoms with Crippen molar-refractivity contribution in [3.05, 3.63) is 53.3 Å². The van der Waals surface area contributed by atoms with Crippen molar-refractivity contribution in [1.29, 1.82) is 0 Å². The van der Waals surface area contributed by atoms with E-state index in [9.17, 15) is 0 Å². The van der Waals surface area contributed by atoms with E-state index in [4.69, 9.17) is 0 Å². The van der Waals surface area contributed by atoms with E-state index in [2.05, 4.69) is 63.1 Å². The average molecular weight is 320 g/mol. The number of nitrogens with one attached hydrogen (secondary N) is 1. The summed E-state index contributed by atoms with van der Waals surface area (Å²) >= 11 is 0. The largest absolute Gasteiger partial charge is 0.336 e. The normalized spacial score (nSPS) is 11.1. The van der Waals surface area contributed by atoms with E-state index in [0.717, 1.165) is 17.1 Å². The molecule has 1 aromatic carbocycles. The molecule has 0 saturated carbocycles. The fourth-order valence-corrected chi connectivity index (χ4v) is 2.58. The number of hydrogen-bond donors (Lipinski definition) is 1. The molecule has 24 heavy (non-hydrogen) atoms. The monoisotopic (exact) mass is 320 g/mol.